The number of pyridine rings is 1. The molecule has 1 aromatic heterocycles. The summed E-state index contributed by atoms with van der Waals surface area (Å²) in [6.45, 7) is 4.58. The van der Waals surface area contributed by atoms with Gasteiger partial charge in [-0.05, 0) is 31.2 Å². The predicted octanol–water partition coefficient (Wildman–Crippen LogP) is 1.45. The van der Waals surface area contributed by atoms with Gasteiger partial charge in [0.05, 0.1) is 6.61 Å². The van der Waals surface area contributed by atoms with Crippen LogP contribution in [0.1, 0.15) is 18.2 Å². The SMILES string of the molecule is CCc1cc(CNC)cc(N(C)CCOC)n1. The number of anilines is 1. The summed E-state index contributed by atoms with van der Waals surface area (Å²) < 4.78 is 5.09. The third kappa shape index (κ3) is 4.32. The Morgan fingerprint density at radius 3 is 2.76 bits per heavy atom. The van der Waals surface area contributed by atoms with Gasteiger partial charge in [0, 0.05) is 32.9 Å². The van der Waals surface area contributed by atoms with E-state index >= 15 is 0 Å². The summed E-state index contributed by atoms with van der Waals surface area (Å²) in [5, 5.41) is 3.17. The summed E-state index contributed by atoms with van der Waals surface area (Å²) in [5.41, 5.74) is 2.41. The first-order valence-corrected chi connectivity index (χ1v) is 6.05. The zero-order valence-corrected chi connectivity index (χ0v) is 11.3. The molecule has 0 aliphatic heterocycles. The molecule has 0 spiro atoms. The lowest BCUT2D eigenvalue weighted by Crippen LogP contribution is -2.23. The van der Waals surface area contributed by atoms with Crippen LogP contribution in [0.3, 0.4) is 0 Å². The van der Waals surface area contributed by atoms with Crippen LogP contribution in [0, 0.1) is 0 Å². The van der Waals surface area contributed by atoms with E-state index in [2.05, 4.69) is 34.3 Å². The standard InChI is InChI=1S/C13H23N3O/c1-5-12-8-11(10-14-2)9-13(15-12)16(3)6-7-17-4/h8-9,14H,5-7,10H2,1-4H3. The predicted molar refractivity (Wildman–Crippen MR) is 71.5 cm³/mol. The molecule has 0 aliphatic rings. The third-order valence-electron chi connectivity index (χ3n) is 2.69. The van der Waals surface area contributed by atoms with Gasteiger partial charge in [-0.1, -0.05) is 6.92 Å². The molecule has 0 saturated heterocycles. The number of nitrogens with zero attached hydrogens (tertiary/aromatic N) is 2. The van der Waals surface area contributed by atoms with E-state index in [-0.39, 0.29) is 0 Å². The van der Waals surface area contributed by atoms with Gasteiger partial charge >= 0.3 is 0 Å². The average molecular weight is 237 g/mol. The lowest BCUT2D eigenvalue weighted by atomic mass is 10.2. The minimum absolute atomic E-state index is 0.718. The first-order chi connectivity index (χ1) is 8.21. The number of rotatable bonds is 7. The molecule has 1 heterocycles. The van der Waals surface area contributed by atoms with E-state index in [0.29, 0.717) is 0 Å². The molecule has 4 nitrogen and oxygen atoms in total. The zero-order valence-electron chi connectivity index (χ0n) is 11.3. The van der Waals surface area contributed by atoms with Crippen molar-refractivity contribution in [3.05, 3.63) is 23.4 Å². The zero-order chi connectivity index (χ0) is 12.7. The normalized spacial score (nSPS) is 10.6. The maximum Gasteiger partial charge on any atom is 0.128 e. The van der Waals surface area contributed by atoms with Crippen LogP contribution in [0.4, 0.5) is 5.82 Å². The van der Waals surface area contributed by atoms with E-state index in [9.17, 15) is 0 Å². The number of aryl methyl sites for hydroxylation is 1. The summed E-state index contributed by atoms with van der Waals surface area (Å²) in [7, 11) is 5.72. The van der Waals surface area contributed by atoms with Crippen molar-refractivity contribution in [2.24, 2.45) is 0 Å². The molecule has 4 heteroatoms. The molecule has 0 aromatic carbocycles. The van der Waals surface area contributed by atoms with Crippen LogP contribution in [0.2, 0.25) is 0 Å². The van der Waals surface area contributed by atoms with Crippen LogP contribution in [0.25, 0.3) is 0 Å². The second-order valence-corrected chi connectivity index (χ2v) is 4.12. The Kier molecular flexibility index (Phi) is 5.94. The molecule has 0 saturated carbocycles. The summed E-state index contributed by atoms with van der Waals surface area (Å²) >= 11 is 0. The lowest BCUT2D eigenvalue weighted by Gasteiger charge is -2.19. The highest BCUT2D eigenvalue weighted by molar-refractivity contribution is 5.42. The monoisotopic (exact) mass is 237 g/mol. The van der Waals surface area contributed by atoms with Crippen molar-refractivity contribution in [3.8, 4) is 0 Å². The highest BCUT2D eigenvalue weighted by Gasteiger charge is 2.06. The molecule has 1 rings (SSSR count). The molecular formula is C13H23N3O. The van der Waals surface area contributed by atoms with E-state index in [4.69, 9.17) is 4.74 Å². The van der Waals surface area contributed by atoms with Crippen LogP contribution < -0.4 is 10.2 Å². The molecule has 0 atom stereocenters. The average Bonchev–Trinajstić information content (AvgIpc) is 2.35. The second-order valence-electron chi connectivity index (χ2n) is 4.12. The summed E-state index contributed by atoms with van der Waals surface area (Å²) in [5.74, 6) is 1.02. The highest BCUT2D eigenvalue weighted by atomic mass is 16.5. The molecule has 17 heavy (non-hydrogen) atoms. The number of methoxy groups -OCH3 is 1. The number of hydrogen-bond acceptors (Lipinski definition) is 4. The molecule has 0 radical (unpaired) electrons. The molecule has 0 amide bonds. The Bertz CT molecular complexity index is 341. The number of likely N-dealkylation sites (N-methyl/N-ethyl adjacent to an activating group) is 1. The molecule has 0 aliphatic carbocycles. The molecule has 1 N–H and O–H groups in total. The molecular weight excluding hydrogens is 214 g/mol. The Hall–Kier alpha value is -1.13. The maximum absolute atomic E-state index is 5.09. The van der Waals surface area contributed by atoms with E-state index < -0.39 is 0 Å². The van der Waals surface area contributed by atoms with Crippen LogP contribution in [-0.4, -0.2) is 39.3 Å². The fourth-order valence-electron chi connectivity index (χ4n) is 1.66. The van der Waals surface area contributed by atoms with Gasteiger partial charge in [-0.25, -0.2) is 4.98 Å². The Morgan fingerprint density at radius 1 is 1.41 bits per heavy atom. The fraction of sp³-hybridized carbons (Fsp3) is 0.615. The van der Waals surface area contributed by atoms with Crippen molar-refractivity contribution in [2.75, 3.05) is 39.3 Å². The van der Waals surface area contributed by atoms with Gasteiger partial charge in [0.15, 0.2) is 0 Å². The lowest BCUT2D eigenvalue weighted by molar-refractivity contribution is 0.206. The van der Waals surface area contributed by atoms with Crippen molar-refractivity contribution in [2.45, 2.75) is 19.9 Å². The highest BCUT2D eigenvalue weighted by Crippen LogP contribution is 2.14. The first kappa shape index (κ1) is 13.9. The topological polar surface area (TPSA) is 37.4 Å². The van der Waals surface area contributed by atoms with Crippen LogP contribution in [-0.2, 0) is 17.7 Å². The summed E-state index contributed by atoms with van der Waals surface area (Å²) in [4.78, 5) is 6.76. The molecule has 1 aromatic rings. The molecule has 0 fully saturated rings. The first-order valence-electron chi connectivity index (χ1n) is 6.05. The van der Waals surface area contributed by atoms with Gasteiger partial charge in [0.2, 0.25) is 0 Å². The quantitative estimate of drug-likeness (QED) is 0.779. The smallest absolute Gasteiger partial charge is 0.128 e. The van der Waals surface area contributed by atoms with Gasteiger partial charge in [0.25, 0.3) is 0 Å². The van der Waals surface area contributed by atoms with Gasteiger partial charge in [-0.2, -0.15) is 0 Å². The summed E-state index contributed by atoms with van der Waals surface area (Å²) in [6.07, 6.45) is 0.961. The van der Waals surface area contributed by atoms with Crippen molar-refractivity contribution in [1.29, 1.82) is 0 Å². The molecule has 0 bridgehead atoms. The number of ether oxygens (including phenoxy) is 1. The molecule has 0 unspecified atom stereocenters. The second kappa shape index (κ2) is 7.25. The minimum atomic E-state index is 0.718. The van der Waals surface area contributed by atoms with Crippen molar-refractivity contribution in [1.82, 2.24) is 10.3 Å². The Labute approximate surface area is 104 Å². The van der Waals surface area contributed by atoms with E-state index in [1.807, 2.05) is 14.1 Å². The number of aromatic nitrogens is 1. The Balaban J connectivity index is 2.85. The number of hydrogen-bond donors (Lipinski definition) is 1. The van der Waals surface area contributed by atoms with Crippen LogP contribution >= 0.6 is 0 Å². The van der Waals surface area contributed by atoms with Crippen molar-refractivity contribution < 1.29 is 4.74 Å². The van der Waals surface area contributed by atoms with Gasteiger partial charge in [0.1, 0.15) is 5.82 Å². The number of nitrogens with one attached hydrogen (secondary N) is 1. The van der Waals surface area contributed by atoms with Crippen LogP contribution in [0.5, 0.6) is 0 Å². The Morgan fingerprint density at radius 2 is 2.18 bits per heavy atom. The minimum Gasteiger partial charge on any atom is -0.383 e. The van der Waals surface area contributed by atoms with Gasteiger partial charge in [-0.3, -0.25) is 0 Å². The summed E-state index contributed by atoms with van der Waals surface area (Å²) in [6, 6.07) is 4.29. The van der Waals surface area contributed by atoms with E-state index in [1.54, 1.807) is 7.11 Å². The van der Waals surface area contributed by atoms with Gasteiger partial charge < -0.3 is 15.0 Å². The van der Waals surface area contributed by atoms with Crippen molar-refractivity contribution >= 4 is 5.82 Å². The molecule has 96 valence electrons. The maximum atomic E-state index is 5.09. The van der Waals surface area contributed by atoms with Crippen LogP contribution in [0.15, 0.2) is 12.1 Å². The van der Waals surface area contributed by atoms with E-state index in [0.717, 1.165) is 37.6 Å². The largest absolute Gasteiger partial charge is 0.383 e. The van der Waals surface area contributed by atoms with Gasteiger partial charge in [-0.15, -0.1) is 0 Å². The van der Waals surface area contributed by atoms with Crippen molar-refractivity contribution in [3.63, 3.8) is 0 Å². The van der Waals surface area contributed by atoms with E-state index in [1.165, 1.54) is 5.56 Å². The third-order valence-corrected chi connectivity index (χ3v) is 2.69. The fourth-order valence-corrected chi connectivity index (χ4v) is 1.66.